The van der Waals surface area contributed by atoms with Crippen LogP contribution in [0.1, 0.15) is 31.7 Å². The third-order valence-corrected chi connectivity index (χ3v) is 5.02. The van der Waals surface area contributed by atoms with Gasteiger partial charge >= 0.3 is 0 Å². The fraction of sp³-hybridized carbons (Fsp3) is 0.533. The van der Waals surface area contributed by atoms with Crippen LogP contribution in [0.3, 0.4) is 0 Å². The van der Waals surface area contributed by atoms with Crippen LogP contribution in [0.15, 0.2) is 24.3 Å². The average Bonchev–Trinajstić information content (AvgIpc) is 2.87. The molecule has 114 valence electrons. The molecule has 0 unspecified atom stereocenters. The topological polar surface area (TPSA) is 72.2 Å². The van der Waals surface area contributed by atoms with Crippen molar-refractivity contribution in [2.75, 3.05) is 5.75 Å². The van der Waals surface area contributed by atoms with Crippen LogP contribution in [0.2, 0.25) is 0 Å². The van der Waals surface area contributed by atoms with Crippen molar-refractivity contribution >= 4 is 23.4 Å². The van der Waals surface area contributed by atoms with Crippen LogP contribution in [0, 0.1) is 10.1 Å². The molecule has 2 rings (SSSR count). The Morgan fingerprint density at radius 2 is 2.10 bits per heavy atom. The maximum absolute atomic E-state index is 12.1. The van der Waals surface area contributed by atoms with E-state index in [1.165, 1.54) is 25.0 Å². The van der Waals surface area contributed by atoms with Gasteiger partial charge in [0, 0.05) is 23.4 Å². The smallest absolute Gasteiger partial charge is 0.269 e. The monoisotopic (exact) mass is 308 g/mol. The highest BCUT2D eigenvalue weighted by Crippen LogP contribution is 2.29. The van der Waals surface area contributed by atoms with E-state index in [-0.39, 0.29) is 24.1 Å². The minimum Gasteiger partial charge on any atom is -0.352 e. The molecule has 1 N–H and O–H groups in total. The van der Waals surface area contributed by atoms with Gasteiger partial charge in [0.05, 0.1) is 11.3 Å². The summed E-state index contributed by atoms with van der Waals surface area (Å²) in [4.78, 5) is 22.2. The third kappa shape index (κ3) is 4.46. The van der Waals surface area contributed by atoms with Gasteiger partial charge in [-0.2, -0.15) is 11.8 Å². The predicted molar refractivity (Wildman–Crippen MR) is 84.5 cm³/mol. The van der Waals surface area contributed by atoms with E-state index in [1.807, 2.05) is 11.8 Å². The van der Waals surface area contributed by atoms with Crippen LogP contribution in [-0.4, -0.2) is 27.9 Å². The van der Waals surface area contributed by atoms with E-state index in [0.29, 0.717) is 5.25 Å². The number of benzene rings is 1. The van der Waals surface area contributed by atoms with Gasteiger partial charge in [-0.1, -0.05) is 25.5 Å². The number of hydrogen-bond donors (Lipinski definition) is 1. The lowest BCUT2D eigenvalue weighted by atomic mass is 10.1. The van der Waals surface area contributed by atoms with E-state index < -0.39 is 4.92 Å². The van der Waals surface area contributed by atoms with Crippen molar-refractivity contribution in [1.82, 2.24) is 5.32 Å². The van der Waals surface area contributed by atoms with Crippen molar-refractivity contribution in [3.05, 3.63) is 39.9 Å². The zero-order chi connectivity index (χ0) is 15.2. The number of carbonyl (C=O) groups excluding carboxylic acids is 1. The molecule has 0 aromatic heterocycles. The van der Waals surface area contributed by atoms with Gasteiger partial charge in [-0.05, 0) is 24.2 Å². The number of rotatable bonds is 6. The Morgan fingerprint density at radius 3 is 2.71 bits per heavy atom. The van der Waals surface area contributed by atoms with E-state index in [4.69, 9.17) is 0 Å². The summed E-state index contributed by atoms with van der Waals surface area (Å²) >= 11 is 1.91. The van der Waals surface area contributed by atoms with Gasteiger partial charge in [0.25, 0.3) is 5.69 Å². The highest BCUT2D eigenvalue weighted by Gasteiger charge is 2.28. The molecule has 0 spiro atoms. The molecule has 1 aromatic carbocycles. The summed E-state index contributed by atoms with van der Waals surface area (Å²) in [6, 6.07) is 6.43. The summed E-state index contributed by atoms with van der Waals surface area (Å²) in [5, 5.41) is 14.2. The van der Waals surface area contributed by atoms with E-state index in [0.717, 1.165) is 17.7 Å². The first kappa shape index (κ1) is 15.8. The van der Waals surface area contributed by atoms with Crippen molar-refractivity contribution < 1.29 is 9.72 Å². The largest absolute Gasteiger partial charge is 0.352 e. The second-order valence-electron chi connectivity index (χ2n) is 5.20. The first-order valence-corrected chi connectivity index (χ1v) is 8.29. The second-order valence-corrected chi connectivity index (χ2v) is 6.72. The van der Waals surface area contributed by atoms with Gasteiger partial charge in [0.15, 0.2) is 0 Å². The second kappa shape index (κ2) is 7.45. The van der Waals surface area contributed by atoms with E-state index in [2.05, 4.69) is 12.2 Å². The highest BCUT2D eigenvalue weighted by molar-refractivity contribution is 7.99. The maximum Gasteiger partial charge on any atom is 0.269 e. The van der Waals surface area contributed by atoms with Crippen LogP contribution in [0.5, 0.6) is 0 Å². The molecule has 5 nitrogen and oxygen atoms in total. The summed E-state index contributed by atoms with van der Waals surface area (Å²) in [6.07, 6.45) is 3.66. The SMILES string of the molecule is CCS[C@H]1CCC[C@H]1NC(=O)Cc1ccc([N+](=O)[O-])cc1. The molecule has 6 heteroatoms. The zero-order valence-electron chi connectivity index (χ0n) is 12.1. The molecule has 1 amide bonds. The number of thioether (sulfide) groups is 1. The minimum atomic E-state index is -0.436. The Kier molecular flexibility index (Phi) is 5.61. The number of nitro benzene ring substituents is 1. The summed E-state index contributed by atoms with van der Waals surface area (Å²) in [5.74, 6) is 1.07. The van der Waals surface area contributed by atoms with E-state index in [1.54, 1.807) is 12.1 Å². The Morgan fingerprint density at radius 1 is 1.38 bits per heavy atom. The molecule has 1 aliphatic carbocycles. The molecule has 0 bridgehead atoms. The molecule has 0 radical (unpaired) electrons. The normalized spacial score (nSPS) is 21.2. The summed E-state index contributed by atoms with van der Waals surface area (Å²) in [6.45, 7) is 2.14. The molecule has 0 heterocycles. The Labute approximate surface area is 128 Å². The van der Waals surface area contributed by atoms with Gasteiger partial charge in [-0.15, -0.1) is 0 Å². The maximum atomic E-state index is 12.1. The molecule has 1 aliphatic rings. The van der Waals surface area contributed by atoms with Crippen LogP contribution < -0.4 is 5.32 Å². The number of nitrogens with one attached hydrogen (secondary N) is 1. The highest BCUT2D eigenvalue weighted by atomic mass is 32.2. The summed E-state index contributed by atoms with van der Waals surface area (Å²) < 4.78 is 0. The van der Waals surface area contributed by atoms with Crippen molar-refractivity contribution in [3.8, 4) is 0 Å². The van der Waals surface area contributed by atoms with Crippen LogP contribution >= 0.6 is 11.8 Å². The Balaban J connectivity index is 1.88. The molecule has 2 atom stereocenters. The molecule has 1 saturated carbocycles. The standard InChI is InChI=1S/C15H20N2O3S/c1-2-21-14-5-3-4-13(14)16-15(18)10-11-6-8-12(9-7-11)17(19)20/h6-9,13-14H,2-5,10H2,1H3,(H,16,18)/t13-,14+/m1/s1. The first-order valence-electron chi connectivity index (χ1n) is 7.24. The van der Waals surface area contributed by atoms with Crippen molar-refractivity contribution in [3.63, 3.8) is 0 Å². The predicted octanol–water partition coefficient (Wildman–Crippen LogP) is 2.93. The average molecular weight is 308 g/mol. The molecule has 21 heavy (non-hydrogen) atoms. The van der Waals surface area contributed by atoms with Crippen LogP contribution in [-0.2, 0) is 11.2 Å². The number of carbonyl (C=O) groups is 1. The fourth-order valence-corrected chi connectivity index (χ4v) is 3.88. The quantitative estimate of drug-likeness (QED) is 0.648. The molecule has 1 fully saturated rings. The number of non-ortho nitro benzene ring substituents is 1. The number of nitro groups is 1. The van der Waals surface area contributed by atoms with Crippen LogP contribution in [0.25, 0.3) is 0 Å². The number of amides is 1. The van der Waals surface area contributed by atoms with Crippen molar-refractivity contribution in [2.24, 2.45) is 0 Å². The summed E-state index contributed by atoms with van der Waals surface area (Å²) in [5.41, 5.74) is 0.852. The van der Waals surface area contributed by atoms with Gasteiger partial charge in [-0.3, -0.25) is 14.9 Å². The Hall–Kier alpha value is -1.56. The molecule has 0 aliphatic heterocycles. The van der Waals surface area contributed by atoms with Gasteiger partial charge < -0.3 is 5.32 Å². The van der Waals surface area contributed by atoms with Gasteiger partial charge in [0.2, 0.25) is 5.91 Å². The van der Waals surface area contributed by atoms with E-state index in [9.17, 15) is 14.9 Å². The molecule has 1 aromatic rings. The Bertz CT molecular complexity index is 504. The lowest BCUT2D eigenvalue weighted by molar-refractivity contribution is -0.384. The van der Waals surface area contributed by atoms with Gasteiger partial charge in [-0.25, -0.2) is 0 Å². The van der Waals surface area contributed by atoms with Crippen molar-refractivity contribution in [2.45, 2.75) is 43.9 Å². The van der Waals surface area contributed by atoms with Gasteiger partial charge in [0.1, 0.15) is 0 Å². The zero-order valence-corrected chi connectivity index (χ0v) is 12.9. The number of nitrogens with zero attached hydrogens (tertiary/aromatic N) is 1. The number of hydrogen-bond acceptors (Lipinski definition) is 4. The first-order chi connectivity index (χ1) is 10.1. The fourth-order valence-electron chi connectivity index (χ4n) is 2.68. The van der Waals surface area contributed by atoms with E-state index >= 15 is 0 Å². The third-order valence-electron chi connectivity index (χ3n) is 3.69. The summed E-state index contributed by atoms with van der Waals surface area (Å²) in [7, 11) is 0. The lowest BCUT2D eigenvalue weighted by Crippen LogP contribution is -2.39. The minimum absolute atomic E-state index is 0.00236. The lowest BCUT2D eigenvalue weighted by Gasteiger charge is -2.20. The van der Waals surface area contributed by atoms with Crippen molar-refractivity contribution in [1.29, 1.82) is 0 Å². The molecule has 0 saturated heterocycles. The molecular formula is C15H20N2O3S. The molecular weight excluding hydrogens is 288 g/mol. The van der Waals surface area contributed by atoms with Crippen LogP contribution in [0.4, 0.5) is 5.69 Å².